The van der Waals surface area contributed by atoms with Gasteiger partial charge in [0.25, 0.3) is 5.91 Å². The Kier molecular flexibility index (Phi) is 6.89. The number of nitriles is 1. The molecule has 0 aliphatic heterocycles. The molecule has 0 saturated heterocycles. The topological polar surface area (TPSA) is 82.0 Å². The fourth-order valence-electron chi connectivity index (χ4n) is 2.86. The predicted molar refractivity (Wildman–Crippen MR) is 121 cm³/mol. The third-order valence-electron chi connectivity index (χ3n) is 4.62. The molecule has 0 atom stereocenters. The van der Waals surface area contributed by atoms with Gasteiger partial charge in [0.1, 0.15) is 0 Å². The molecule has 2 amide bonds. The van der Waals surface area contributed by atoms with Crippen LogP contribution in [-0.4, -0.2) is 17.6 Å². The van der Waals surface area contributed by atoms with Crippen molar-refractivity contribution in [2.45, 2.75) is 18.7 Å². The van der Waals surface area contributed by atoms with Crippen molar-refractivity contribution in [3.05, 3.63) is 89.0 Å². The zero-order valence-electron chi connectivity index (χ0n) is 16.7. The largest absolute Gasteiger partial charge is 0.325 e. The molecular formula is C24H21N3O2S. The van der Waals surface area contributed by atoms with Crippen molar-refractivity contribution in [1.29, 1.82) is 5.26 Å². The fourth-order valence-corrected chi connectivity index (χ4v) is 3.71. The smallest absolute Gasteiger partial charge is 0.256 e. The Morgan fingerprint density at radius 3 is 2.53 bits per heavy atom. The lowest BCUT2D eigenvalue weighted by molar-refractivity contribution is -0.113. The summed E-state index contributed by atoms with van der Waals surface area (Å²) in [6.07, 6.45) is 0. The number of hydrogen-bond acceptors (Lipinski definition) is 4. The molecule has 0 fully saturated rings. The van der Waals surface area contributed by atoms with Gasteiger partial charge in [-0.1, -0.05) is 30.3 Å². The van der Waals surface area contributed by atoms with E-state index in [1.165, 1.54) is 11.8 Å². The van der Waals surface area contributed by atoms with Crippen LogP contribution >= 0.6 is 11.8 Å². The Balaban J connectivity index is 1.67. The maximum atomic E-state index is 12.8. The lowest BCUT2D eigenvalue weighted by Gasteiger charge is -2.13. The molecule has 3 aromatic carbocycles. The van der Waals surface area contributed by atoms with Crippen LogP contribution in [0.5, 0.6) is 0 Å². The first-order valence-corrected chi connectivity index (χ1v) is 10.4. The van der Waals surface area contributed by atoms with Gasteiger partial charge in [0.2, 0.25) is 5.91 Å². The number of nitrogens with zero attached hydrogens (tertiary/aromatic N) is 1. The first kappa shape index (κ1) is 21.2. The minimum atomic E-state index is -0.214. The Labute approximate surface area is 180 Å². The average molecular weight is 416 g/mol. The Bertz CT molecular complexity index is 1140. The highest BCUT2D eigenvalue weighted by atomic mass is 32.2. The van der Waals surface area contributed by atoms with Crippen molar-refractivity contribution in [1.82, 2.24) is 0 Å². The number of thioether (sulfide) groups is 1. The lowest BCUT2D eigenvalue weighted by Crippen LogP contribution is -2.16. The van der Waals surface area contributed by atoms with Crippen LogP contribution in [0, 0.1) is 25.2 Å². The van der Waals surface area contributed by atoms with Gasteiger partial charge in [0.05, 0.1) is 22.9 Å². The minimum absolute atomic E-state index is 0.143. The van der Waals surface area contributed by atoms with Crippen molar-refractivity contribution in [2.24, 2.45) is 0 Å². The third kappa shape index (κ3) is 5.28. The zero-order chi connectivity index (χ0) is 21.5. The van der Waals surface area contributed by atoms with Crippen molar-refractivity contribution in [3.8, 4) is 6.07 Å². The second-order valence-corrected chi connectivity index (χ2v) is 7.74. The van der Waals surface area contributed by atoms with Gasteiger partial charge in [-0.2, -0.15) is 5.26 Å². The highest BCUT2D eigenvalue weighted by molar-refractivity contribution is 8.00. The van der Waals surface area contributed by atoms with Gasteiger partial charge in [-0.25, -0.2) is 0 Å². The number of nitrogens with one attached hydrogen (secondary N) is 2. The van der Waals surface area contributed by atoms with Gasteiger partial charge in [0.15, 0.2) is 0 Å². The van der Waals surface area contributed by atoms with E-state index < -0.39 is 0 Å². The van der Waals surface area contributed by atoms with Gasteiger partial charge in [-0.3, -0.25) is 9.59 Å². The van der Waals surface area contributed by atoms with Crippen LogP contribution in [0.4, 0.5) is 11.4 Å². The summed E-state index contributed by atoms with van der Waals surface area (Å²) in [5.41, 5.74) is 4.47. The fraction of sp³-hybridized carbons (Fsp3) is 0.125. The molecule has 150 valence electrons. The van der Waals surface area contributed by atoms with Crippen LogP contribution in [0.15, 0.2) is 71.6 Å². The molecular weight excluding hydrogens is 394 g/mol. The van der Waals surface area contributed by atoms with E-state index in [0.29, 0.717) is 16.8 Å². The number of carbonyl (C=O) groups is 2. The molecule has 0 bridgehead atoms. The van der Waals surface area contributed by atoms with Gasteiger partial charge >= 0.3 is 0 Å². The number of amides is 2. The number of benzene rings is 3. The van der Waals surface area contributed by atoms with E-state index in [2.05, 4.69) is 10.6 Å². The minimum Gasteiger partial charge on any atom is -0.325 e. The third-order valence-corrected chi connectivity index (χ3v) is 5.69. The predicted octanol–water partition coefficient (Wildman–Crippen LogP) is 5.16. The standard InChI is InChI=1S/C24H21N3O2S/c1-16-7-5-11-21(17(16)2)27-24(29)20-10-3-4-12-22(20)30-15-23(28)26-19-9-6-8-18(13-19)14-25/h3-13H,15H2,1-2H3,(H,26,28)(H,27,29). The quantitative estimate of drug-likeness (QED) is 0.545. The molecule has 5 nitrogen and oxygen atoms in total. The second-order valence-electron chi connectivity index (χ2n) is 6.73. The number of rotatable bonds is 6. The van der Waals surface area contributed by atoms with Gasteiger partial charge in [0, 0.05) is 16.3 Å². The first-order chi connectivity index (χ1) is 14.5. The second kappa shape index (κ2) is 9.77. The van der Waals surface area contributed by atoms with Crippen LogP contribution in [0.1, 0.15) is 27.0 Å². The van der Waals surface area contributed by atoms with Crippen LogP contribution in [0.25, 0.3) is 0 Å². The molecule has 0 aliphatic carbocycles. The summed E-state index contributed by atoms with van der Waals surface area (Å²) in [6.45, 7) is 3.97. The normalized spacial score (nSPS) is 10.2. The summed E-state index contributed by atoms with van der Waals surface area (Å²) >= 11 is 1.29. The molecule has 0 unspecified atom stereocenters. The molecule has 2 N–H and O–H groups in total. The van der Waals surface area contributed by atoms with Crippen molar-refractivity contribution in [2.75, 3.05) is 16.4 Å². The summed E-state index contributed by atoms with van der Waals surface area (Å²) in [6, 6.07) is 21.8. The van der Waals surface area contributed by atoms with Gasteiger partial charge < -0.3 is 10.6 Å². The number of hydrogen-bond donors (Lipinski definition) is 2. The van der Waals surface area contributed by atoms with Crippen LogP contribution in [0.2, 0.25) is 0 Å². The molecule has 0 spiro atoms. The Hall–Kier alpha value is -3.56. The van der Waals surface area contributed by atoms with Gasteiger partial charge in [-0.05, 0) is 61.4 Å². The summed E-state index contributed by atoms with van der Waals surface area (Å²) in [5, 5.41) is 14.7. The van der Waals surface area contributed by atoms with Gasteiger partial charge in [-0.15, -0.1) is 11.8 Å². The van der Waals surface area contributed by atoms with E-state index >= 15 is 0 Å². The summed E-state index contributed by atoms with van der Waals surface area (Å²) in [7, 11) is 0. The van der Waals surface area contributed by atoms with Crippen molar-refractivity contribution < 1.29 is 9.59 Å². The Morgan fingerprint density at radius 2 is 1.73 bits per heavy atom. The van der Waals surface area contributed by atoms with E-state index in [0.717, 1.165) is 21.7 Å². The van der Waals surface area contributed by atoms with Crippen molar-refractivity contribution >= 4 is 35.0 Å². The van der Waals surface area contributed by atoms with Crippen LogP contribution in [-0.2, 0) is 4.79 Å². The molecule has 30 heavy (non-hydrogen) atoms. The average Bonchev–Trinajstić information content (AvgIpc) is 2.75. The molecule has 3 rings (SSSR count). The summed E-state index contributed by atoms with van der Waals surface area (Å²) < 4.78 is 0. The highest BCUT2D eigenvalue weighted by Crippen LogP contribution is 2.25. The van der Waals surface area contributed by atoms with E-state index in [-0.39, 0.29) is 17.6 Å². The molecule has 3 aromatic rings. The van der Waals surface area contributed by atoms with Crippen LogP contribution < -0.4 is 10.6 Å². The molecule has 0 aromatic heterocycles. The maximum Gasteiger partial charge on any atom is 0.256 e. The molecule has 0 aliphatic rings. The zero-order valence-corrected chi connectivity index (χ0v) is 17.5. The number of aryl methyl sites for hydroxylation is 1. The van der Waals surface area contributed by atoms with E-state index in [4.69, 9.17) is 5.26 Å². The maximum absolute atomic E-state index is 12.8. The summed E-state index contributed by atoms with van der Waals surface area (Å²) in [4.78, 5) is 25.9. The van der Waals surface area contributed by atoms with Crippen molar-refractivity contribution in [3.63, 3.8) is 0 Å². The van der Waals surface area contributed by atoms with Crippen LogP contribution in [0.3, 0.4) is 0 Å². The number of anilines is 2. The molecule has 6 heteroatoms. The first-order valence-electron chi connectivity index (χ1n) is 9.37. The molecule has 0 radical (unpaired) electrons. The number of carbonyl (C=O) groups excluding carboxylic acids is 2. The Morgan fingerprint density at radius 1 is 0.967 bits per heavy atom. The van der Waals surface area contributed by atoms with E-state index in [1.807, 2.05) is 50.2 Å². The van der Waals surface area contributed by atoms with E-state index in [9.17, 15) is 9.59 Å². The SMILES string of the molecule is Cc1cccc(NC(=O)c2ccccc2SCC(=O)Nc2cccc(C#N)c2)c1C. The lowest BCUT2D eigenvalue weighted by atomic mass is 10.1. The monoisotopic (exact) mass is 415 g/mol. The highest BCUT2D eigenvalue weighted by Gasteiger charge is 2.14. The van der Waals surface area contributed by atoms with E-state index in [1.54, 1.807) is 36.4 Å². The summed E-state index contributed by atoms with van der Waals surface area (Å²) in [5.74, 6) is -0.279. The molecule has 0 heterocycles. The molecule has 0 saturated carbocycles.